The Bertz CT molecular complexity index is 632. The average Bonchev–Trinajstić information content (AvgIpc) is 2.55. The number of hydrogen-bond donors (Lipinski definition) is 1. The van der Waals surface area contributed by atoms with Gasteiger partial charge in [-0.25, -0.2) is 0 Å². The molecule has 1 aromatic rings. The van der Waals surface area contributed by atoms with Crippen LogP contribution in [0, 0.1) is 0 Å². The van der Waals surface area contributed by atoms with E-state index in [9.17, 15) is 4.79 Å². The van der Waals surface area contributed by atoms with E-state index in [1.807, 2.05) is 44.3 Å². The first-order valence-corrected chi connectivity index (χ1v) is 7.95. The van der Waals surface area contributed by atoms with E-state index in [0.717, 1.165) is 29.0 Å². The standard InChI is InChI=1S/C19H24N2O2/c1-4-15-10-17(19(22)20-5-2)14-21(12-15)13-16-8-7-9-18(11-16)23-6-3/h4,7-12H,1,5-6,13-14H2,2-3H3,(H,20,22). The van der Waals surface area contributed by atoms with Crippen molar-refractivity contribution in [3.8, 4) is 5.75 Å². The summed E-state index contributed by atoms with van der Waals surface area (Å²) in [7, 11) is 0. The number of rotatable bonds is 7. The molecule has 23 heavy (non-hydrogen) atoms. The molecule has 0 fully saturated rings. The predicted molar refractivity (Wildman–Crippen MR) is 93.1 cm³/mol. The van der Waals surface area contributed by atoms with Gasteiger partial charge in [-0.2, -0.15) is 0 Å². The van der Waals surface area contributed by atoms with Crippen LogP contribution in [0.1, 0.15) is 19.4 Å². The molecule has 1 aliphatic rings. The minimum absolute atomic E-state index is 0.0204. The zero-order valence-corrected chi connectivity index (χ0v) is 13.8. The summed E-state index contributed by atoms with van der Waals surface area (Å²) in [6, 6.07) is 8.04. The van der Waals surface area contributed by atoms with Crippen LogP contribution in [0.5, 0.6) is 5.75 Å². The fraction of sp³-hybridized carbons (Fsp3) is 0.316. The van der Waals surface area contributed by atoms with Gasteiger partial charge in [-0.05, 0) is 43.2 Å². The molecule has 1 heterocycles. The highest BCUT2D eigenvalue weighted by molar-refractivity contribution is 5.94. The predicted octanol–water partition coefficient (Wildman–Crippen LogP) is 3.03. The summed E-state index contributed by atoms with van der Waals surface area (Å²) in [5, 5.41) is 2.85. The molecule has 1 N–H and O–H groups in total. The first-order valence-electron chi connectivity index (χ1n) is 7.95. The van der Waals surface area contributed by atoms with Crippen LogP contribution in [0.2, 0.25) is 0 Å². The number of ether oxygens (including phenoxy) is 1. The molecule has 0 saturated heterocycles. The zero-order valence-electron chi connectivity index (χ0n) is 13.8. The van der Waals surface area contributed by atoms with E-state index in [0.29, 0.717) is 19.7 Å². The van der Waals surface area contributed by atoms with E-state index in [1.165, 1.54) is 0 Å². The third-order valence-electron chi connectivity index (χ3n) is 3.51. The van der Waals surface area contributed by atoms with Gasteiger partial charge < -0.3 is 15.0 Å². The Labute approximate surface area is 138 Å². The second-order valence-electron chi connectivity index (χ2n) is 5.35. The van der Waals surface area contributed by atoms with Crippen LogP contribution in [-0.4, -0.2) is 30.5 Å². The highest BCUT2D eigenvalue weighted by Gasteiger charge is 2.17. The van der Waals surface area contributed by atoms with Crippen molar-refractivity contribution >= 4 is 5.91 Å². The quantitative estimate of drug-likeness (QED) is 0.841. The molecule has 1 amide bonds. The number of benzene rings is 1. The summed E-state index contributed by atoms with van der Waals surface area (Å²) >= 11 is 0. The Kier molecular flexibility index (Phi) is 6.03. The third kappa shape index (κ3) is 4.74. The number of hydrogen-bond acceptors (Lipinski definition) is 3. The lowest BCUT2D eigenvalue weighted by atomic mass is 10.1. The van der Waals surface area contributed by atoms with Gasteiger partial charge in [0.15, 0.2) is 0 Å². The molecule has 0 saturated carbocycles. The van der Waals surface area contributed by atoms with Crippen molar-refractivity contribution in [2.45, 2.75) is 20.4 Å². The fourth-order valence-corrected chi connectivity index (χ4v) is 2.52. The molecule has 0 aromatic heterocycles. The van der Waals surface area contributed by atoms with Gasteiger partial charge in [0.05, 0.1) is 6.61 Å². The van der Waals surface area contributed by atoms with Gasteiger partial charge >= 0.3 is 0 Å². The van der Waals surface area contributed by atoms with Crippen LogP contribution >= 0.6 is 0 Å². The number of nitrogens with zero attached hydrogens (tertiary/aromatic N) is 1. The molecule has 0 unspecified atom stereocenters. The molecule has 0 atom stereocenters. The first kappa shape index (κ1) is 16.9. The molecular formula is C19H24N2O2. The van der Waals surface area contributed by atoms with Gasteiger partial charge in [0.2, 0.25) is 5.91 Å². The Balaban J connectivity index is 2.12. The fourth-order valence-electron chi connectivity index (χ4n) is 2.52. The van der Waals surface area contributed by atoms with Gasteiger partial charge in [-0.15, -0.1) is 0 Å². The van der Waals surface area contributed by atoms with E-state index in [2.05, 4.69) is 22.9 Å². The first-order chi connectivity index (χ1) is 11.2. The number of nitrogens with one attached hydrogen (secondary N) is 1. The second kappa shape index (κ2) is 8.22. The minimum Gasteiger partial charge on any atom is -0.494 e. The molecule has 0 bridgehead atoms. The molecule has 1 aliphatic heterocycles. The molecule has 0 radical (unpaired) electrons. The summed E-state index contributed by atoms with van der Waals surface area (Å²) in [5.74, 6) is 0.849. The molecule has 0 aliphatic carbocycles. The van der Waals surface area contributed by atoms with Crippen LogP contribution < -0.4 is 10.1 Å². The maximum Gasteiger partial charge on any atom is 0.249 e. The van der Waals surface area contributed by atoms with Crippen molar-refractivity contribution < 1.29 is 9.53 Å². The third-order valence-corrected chi connectivity index (χ3v) is 3.51. The van der Waals surface area contributed by atoms with Crippen molar-refractivity contribution in [3.63, 3.8) is 0 Å². The number of amides is 1. The number of carbonyl (C=O) groups excluding carboxylic acids is 1. The zero-order chi connectivity index (χ0) is 16.7. The molecule has 4 nitrogen and oxygen atoms in total. The number of allylic oxidation sites excluding steroid dienone is 3. The summed E-state index contributed by atoms with van der Waals surface area (Å²) in [5.41, 5.74) is 2.84. The van der Waals surface area contributed by atoms with Gasteiger partial charge in [-0.3, -0.25) is 4.79 Å². The second-order valence-corrected chi connectivity index (χ2v) is 5.35. The average molecular weight is 312 g/mol. The van der Waals surface area contributed by atoms with E-state index < -0.39 is 0 Å². The number of carbonyl (C=O) groups is 1. The lowest BCUT2D eigenvalue weighted by molar-refractivity contribution is -0.117. The van der Waals surface area contributed by atoms with Crippen molar-refractivity contribution in [2.24, 2.45) is 0 Å². The SMILES string of the molecule is C=CC1=CN(Cc2cccc(OCC)c2)CC(C(=O)NCC)=C1. The topological polar surface area (TPSA) is 41.6 Å². The smallest absolute Gasteiger partial charge is 0.249 e. The van der Waals surface area contributed by atoms with E-state index in [-0.39, 0.29) is 5.91 Å². The highest BCUT2D eigenvalue weighted by atomic mass is 16.5. The normalized spacial score (nSPS) is 13.9. The van der Waals surface area contributed by atoms with Crippen LogP contribution in [0.4, 0.5) is 0 Å². The van der Waals surface area contributed by atoms with Crippen LogP contribution in [-0.2, 0) is 11.3 Å². The summed E-state index contributed by atoms with van der Waals surface area (Å²) < 4.78 is 5.54. The van der Waals surface area contributed by atoms with Gasteiger partial charge in [-0.1, -0.05) is 24.8 Å². The Morgan fingerprint density at radius 3 is 2.96 bits per heavy atom. The molecule has 2 rings (SSSR count). The summed E-state index contributed by atoms with van der Waals surface area (Å²) in [6.45, 7) is 10.3. The van der Waals surface area contributed by atoms with E-state index in [1.54, 1.807) is 6.08 Å². The maximum atomic E-state index is 12.1. The van der Waals surface area contributed by atoms with Crippen LogP contribution in [0.3, 0.4) is 0 Å². The lowest BCUT2D eigenvalue weighted by Gasteiger charge is -2.26. The Hall–Kier alpha value is -2.49. The van der Waals surface area contributed by atoms with Gasteiger partial charge in [0, 0.05) is 31.4 Å². The summed E-state index contributed by atoms with van der Waals surface area (Å²) in [6.07, 6.45) is 5.69. The monoisotopic (exact) mass is 312 g/mol. The number of likely N-dealkylation sites (N-methyl/N-ethyl adjacent to an activating group) is 1. The van der Waals surface area contributed by atoms with Crippen molar-refractivity contribution in [1.82, 2.24) is 10.2 Å². The van der Waals surface area contributed by atoms with Gasteiger partial charge in [0.1, 0.15) is 5.75 Å². The molecule has 4 heteroatoms. The molecule has 0 spiro atoms. The maximum absolute atomic E-state index is 12.1. The Morgan fingerprint density at radius 2 is 2.26 bits per heavy atom. The van der Waals surface area contributed by atoms with Gasteiger partial charge in [0.25, 0.3) is 0 Å². The van der Waals surface area contributed by atoms with Crippen LogP contribution in [0.25, 0.3) is 0 Å². The molecular weight excluding hydrogens is 288 g/mol. The van der Waals surface area contributed by atoms with Crippen LogP contribution in [0.15, 0.2) is 60.3 Å². The Morgan fingerprint density at radius 1 is 1.43 bits per heavy atom. The molecule has 1 aromatic carbocycles. The summed E-state index contributed by atoms with van der Waals surface area (Å²) in [4.78, 5) is 14.2. The van der Waals surface area contributed by atoms with Crippen molar-refractivity contribution in [3.05, 3.63) is 65.9 Å². The van der Waals surface area contributed by atoms with Crippen molar-refractivity contribution in [1.29, 1.82) is 0 Å². The van der Waals surface area contributed by atoms with Crippen molar-refractivity contribution in [2.75, 3.05) is 19.7 Å². The minimum atomic E-state index is -0.0204. The highest BCUT2D eigenvalue weighted by Crippen LogP contribution is 2.20. The van der Waals surface area contributed by atoms with E-state index >= 15 is 0 Å². The molecule has 122 valence electrons. The van der Waals surface area contributed by atoms with E-state index in [4.69, 9.17) is 4.74 Å². The largest absolute Gasteiger partial charge is 0.494 e. The lowest BCUT2D eigenvalue weighted by Crippen LogP contribution is -2.32.